The lowest BCUT2D eigenvalue weighted by atomic mass is 10.1. The van der Waals surface area contributed by atoms with Crippen LogP contribution in [0.25, 0.3) is 11.0 Å². The van der Waals surface area contributed by atoms with Crippen molar-refractivity contribution in [2.45, 2.75) is 19.5 Å². The number of rotatable bonds is 8. The molecule has 4 aromatic rings. The summed E-state index contributed by atoms with van der Waals surface area (Å²) in [6.45, 7) is 1.27. The highest BCUT2D eigenvalue weighted by Crippen LogP contribution is 2.11. The molecule has 31 heavy (non-hydrogen) atoms. The molecule has 0 saturated carbocycles. The van der Waals surface area contributed by atoms with E-state index in [2.05, 4.69) is 15.4 Å². The number of amides is 1. The van der Waals surface area contributed by atoms with E-state index in [0.29, 0.717) is 30.7 Å². The van der Waals surface area contributed by atoms with Crippen LogP contribution in [0, 0.1) is 0 Å². The van der Waals surface area contributed by atoms with Crippen LogP contribution in [-0.4, -0.2) is 38.9 Å². The number of hydrogen-bond donors (Lipinski definition) is 1. The summed E-state index contributed by atoms with van der Waals surface area (Å²) in [5, 5.41) is 7.62. The number of carbonyl (C=O) groups is 1. The Balaban J connectivity index is 1.37. The first-order valence-corrected chi connectivity index (χ1v) is 9.98. The quantitative estimate of drug-likeness (QED) is 0.474. The van der Waals surface area contributed by atoms with Gasteiger partial charge in [0.05, 0.1) is 32.8 Å². The molecule has 2 heterocycles. The maximum Gasteiger partial charge on any atom is 0.264 e. The lowest BCUT2D eigenvalue weighted by molar-refractivity contribution is -0.120. The van der Waals surface area contributed by atoms with Crippen molar-refractivity contribution < 1.29 is 9.53 Å². The van der Waals surface area contributed by atoms with E-state index < -0.39 is 0 Å². The van der Waals surface area contributed by atoms with Crippen LogP contribution in [0.15, 0.2) is 71.9 Å². The second-order valence-electron chi connectivity index (χ2n) is 7.14. The Morgan fingerprint density at radius 2 is 1.84 bits per heavy atom. The minimum absolute atomic E-state index is 0.0835. The number of aromatic nitrogens is 4. The second kappa shape index (κ2) is 9.25. The van der Waals surface area contributed by atoms with Gasteiger partial charge < -0.3 is 10.1 Å². The van der Waals surface area contributed by atoms with Crippen molar-refractivity contribution in [3.8, 4) is 5.75 Å². The number of nitrogens with zero attached hydrogens (tertiary/aromatic N) is 4. The highest BCUT2D eigenvalue weighted by molar-refractivity contribution is 5.78. The van der Waals surface area contributed by atoms with E-state index >= 15 is 0 Å². The van der Waals surface area contributed by atoms with E-state index in [-0.39, 0.29) is 17.9 Å². The van der Waals surface area contributed by atoms with E-state index in [0.717, 1.165) is 16.9 Å². The molecule has 2 aromatic carbocycles. The highest BCUT2D eigenvalue weighted by Gasteiger charge is 2.11. The van der Waals surface area contributed by atoms with Gasteiger partial charge in [-0.15, -0.1) is 0 Å². The van der Waals surface area contributed by atoms with Gasteiger partial charge in [-0.3, -0.25) is 14.2 Å². The van der Waals surface area contributed by atoms with Crippen molar-refractivity contribution in [1.82, 2.24) is 24.6 Å². The Kier molecular flexibility index (Phi) is 6.07. The van der Waals surface area contributed by atoms with E-state index in [1.54, 1.807) is 16.4 Å². The monoisotopic (exact) mass is 417 g/mol. The molecule has 0 atom stereocenters. The first kappa shape index (κ1) is 20.3. The maximum atomic E-state index is 12.8. The van der Waals surface area contributed by atoms with Crippen LogP contribution in [0.1, 0.15) is 11.1 Å². The number of methoxy groups -OCH3 is 1. The van der Waals surface area contributed by atoms with Gasteiger partial charge in [0.1, 0.15) is 17.5 Å². The van der Waals surface area contributed by atoms with Gasteiger partial charge in [0, 0.05) is 6.54 Å². The van der Waals surface area contributed by atoms with Gasteiger partial charge in [-0.05, 0) is 23.3 Å². The third-order valence-electron chi connectivity index (χ3n) is 4.99. The molecule has 0 bridgehead atoms. The van der Waals surface area contributed by atoms with E-state index in [4.69, 9.17) is 4.74 Å². The number of nitrogens with one attached hydrogen (secondary N) is 1. The summed E-state index contributed by atoms with van der Waals surface area (Å²) in [5.74, 6) is 0.671. The molecular weight excluding hydrogens is 394 g/mol. The molecule has 0 aliphatic carbocycles. The minimum Gasteiger partial charge on any atom is -0.497 e. The zero-order valence-corrected chi connectivity index (χ0v) is 17.2. The molecule has 4 rings (SSSR count). The molecule has 158 valence electrons. The zero-order chi connectivity index (χ0) is 21.6. The Hall–Kier alpha value is -3.94. The average Bonchev–Trinajstić information content (AvgIpc) is 3.21. The molecule has 0 radical (unpaired) electrons. The summed E-state index contributed by atoms with van der Waals surface area (Å²) in [6, 6.07) is 17.1. The van der Waals surface area contributed by atoms with E-state index in [1.165, 1.54) is 12.5 Å². The smallest absolute Gasteiger partial charge is 0.264 e. The van der Waals surface area contributed by atoms with Crippen LogP contribution in [0.2, 0.25) is 0 Å². The third-order valence-corrected chi connectivity index (χ3v) is 4.99. The van der Waals surface area contributed by atoms with Crippen LogP contribution >= 0.6 is 0 Å². The normalized spacial score (nSPS) is 10.9. The molecule has 0 unspecified atom stereocenters. The fourth-order valence-corrected chi connectivity index (χ4v) is 3.35. The van der Waals surface area contributed by atoms with Gasteiger partial charge in [0.25, 0.3) is 5.56 Å². The molecular formula is C23H23N5O3. The van der Waals surface area contributed by atoms with Gasteiger partial charge in [-0.1, -0.05) is 42.5 Å². The van der Waals surface area contributed by atoms with Crippen LogP contribution < -0.4 is 15.6 Å². The highest BCUT2D eigenvalue weighted by atomic mass is 16.5. The zero-order valence-electron chi connectivity index (χ0n) is 17.2. The largest absolute Gasteiger partial charge is 0.497 e. The molecule has 0 aliphatic rings. The van der Waals surface area contributed by atoms with Crippen molar-refractivity contribution in [2.75, 3.05) is 13.7 Å². The average molecular weight is 417 g/mol. The lowest BCUT2D eigenvalue weighted by Crippen LogP contribution is -2.29. The van der Waals surface area contributed by atoms with Crippen molar-refractivity contribution in [2.24, 2.45) is 0 Å². The molecule has 0 spiro atoms. The van der Waals surface area contributed by atoms with Gasteiger partial charge in [-0.25, -0.2) is 9.67 Å². The van der Waals surface area contributed by atoms with Gasteiger partial charge in [0.15, 0.2) is 5.65 Å². The molecule has 1 amide bonds. The summed E-state index contributed by atoms with van der Waals surface area (Å²) < 4.78 is 8.33. The predicted octanol–water partition coefficient (Wildman–Crippen LogP) is 2.01. The molecule has 8 heteroatoms. The van der Waals surface area contributed by atoms with Crippen molar-refractivity contribution in [3.63, 3.8) is 0 Å². The number of hydrogen-bond acceptors (Lipinski definition) is 5. The maximum absolute atomic E-state index is 12.8. The Bertz CT molecular complexity index is 1230. The van der Waals surface area contributed by atoms with E-state index in [1.807, 2.05) is 54.6 Å². The number of carbonyl (C=O) groups excluding carboxylic acids is 1. The molecule has 8 nitrogen and oxygen atoms in total. The van der Waals surface area contributed by atoms with Gasteiger partial charge >= 0.3 is 0 Å². The molecule has 1 N–H and O–H groups in total. The Morgan fingerprint density at radius 3 is 2.58 bits per heavy atom. The summed E-state index contributed by atoms with van der Waals surface area (Å²) in [5.41, 5.74) is 2.31. The standard InChI is InChI=1S/C23H23N5O3/c1-31-19-9-7-17(8-10-19)13-21(29)24-11-12-28-22-20(14-26-28)23(30)27(16-25-22)15-18-5-3-2-4-6-18/h2-10,14,16H,11-13,15H2,1H3,(H,24,29). The van der Waals surface area contributed by atoms with Crippen LogP contribution in [-0.2, 0) is 24.3 Å². The summed E-state index contributed by atoms with van der Waals surface area (Å²) in [7, 11) is 1.61. The molecule has 0 saturated heterocycles. The first-order valence-electron chi connectivity index (χ1n) is 9.98. The minimum atomic E-state index is -0.136. The fraction of sp³-hybridized carbons (Fsp3) is 0.217. The van der Waals surface area contributed by atoms with Crippen molar-refractivity contribution in [3.05, 3.63) is 88.6 Å². The molecule has 0 aliphatic heterocycles. The summed E-state index contributed by atoms with van der Waals surface area (Å²) in [4.78, 5) is 29.4. The molecule has 2 aromatic heterocycles. The van der Waals surface area contributed by atoms with Crippen molar-refractivity contribution in [1.29, 1.82) is 0 Å². The Morgan fingerprint density at radius 1 is 1.06 bits per heavy atom. The predicted molar refractivity (Wildman–Crippen MR) is 117 cm³/mol. The van der Waals surface area contributed by atoms with Crippen LogP contribution in [0.4, 0.5) is 0 Å². The van der Waals surface area contributed by atoms with Gasteiger partial charge in [0.2, 0.25) is 5.91 Å². The van der Waals surface area contributed by atoms with Crippen LogP contribution in [0.5, 0.6) is 5.75 Å². The number of ether oxygens (including phenoxy) is 1. The topological polar surface area (TPSA) is 91.0 Å². The first-order chi connectivity index (χ1) is 15.1. The van der Waals surface area contributed by atoms with E-state index in [9.17, 15) is 9.59 Å². The SMILES string of the molecule is COc1ccc(CC(=O)NCCn2ncc3c(=O)n(Cc4ccccc4)cnc32)cc1. The summed E-state index contributed by atoms with van der Waals surface area (Å²) in [6.07, 6.45) is 3.36. The number of fused-ring (bicyclic) bond motifs is 1. The second-order valence-corrected chi connectivity index (χ2v) is 7.14. The third kappa shape index (κ3) is 4.80. The lowest BCUT2D eigenvalue weighted by Gasteiger charge is -2.08. The van der Waals surface area contributed by atoms with Crippen LogP contribution in [0.3, 0.4) is 0 Å². The molecule has 0 fully saturated rings. The summed E-state index contributed by atoms with van der Waals surface area (Å²) >= 11 is 0. The fourth-order valence-electron chi connectivity index (χ4n) is 3.35. The van der Waals surface area contributed by atoms with Gasteiger partial charge in [-0.2, -0.15) is 5.10 Å². The Labute approximate surface area is 179 Å². The number of benzene rings is 2. The van der Waals surface area contributed by atoms with Crippen molar-refractivity contribution >= 4 is 16.9 Å².